The van der Waals surface area contributed by atoms with Gasteiger partial charge in [-0.1, -0.05) is 38.2 Å². The molecule has 1 aliphatic carbocycles. The SMILES string of the molecule is COc1cccc2c1cc(C(N)=O)n2[C@@H](CC1CCCCC1)C(=O)NN(CCC(N)=O)C(=O)CCl. The summed E-state index contributed by atoms with van der Waals surface area (Å²) >= 11 is 5.72. The zero-order valence-corrected chi connectivity index (χ0v) is 20.6. The van der Waals surface area contributed by atoms with Crippen LogP contribution in [0.15, 0.2) is 24.3 Å². The number of nitrogens with zero attached hydrogens (tertiary/aromatic N) is 2. The maximum absolute atomic E-state index is 13.7. The van der Waals surface area contributed by atoms with E-state index in [9.17, 15) is 19.2 Å². The summed E-state index contributed by atoms with van der Waals surface area (Å²) in [4.78, 5) is 49.8. The molecule has 0 aliphatic heterocycles. The molecule has 1 fully saturated rings. The summed E-state index contributed by atoms with van der Waals surface area (Å²) in [6.07, 6.45) is 5.51. The van der Waals surface area contributed by atoms with Crippen molar-refractivity contribution in [1.82, 2.24) is 15.0 Å². The number of amides is 4. The molecule has 11 heteroatoms. The van der Waals surface area contributed by atoms with Gasteiger partial charge in [-0.25, -0.2) is 0 Å². The molecule has 0 spiro atoms. The van der Waals surface area contributed by atoms with Gasteiger partial charge in [-0.05, 0) is 30.5 Å². The third kappa shape index (κ3) is 6.25. The quantitative estimate of drug-likeness (QED) is 0.334. The van der Waals surface area contributed by atoms with E-state index >= 15 is 0 Å². The van der Waals surface area contributed by atoms with Gasteiger partial charge in [0.1, 0.15) is 23.4 Å². The van der Waals surface area contributed by atoms with Gasteiger partial charge in [-0.3, -0.25) is 29.6 Å². The van der Waals surface area contributed by atoms with Crippen molar-refractivity contribution in [1.29, 1.82) is 0 Å². The lowest BCUT2D eigenvalue weighted by molar-refractivity contribution is -0.142. The second-order valence-electron chi connectivity index (χ2n) is 8.78. The lowest BCUT2D eigenvalue weighted by Crippen LogP contribution is -2.50. The molecule has 0 unspecified atom stereocenters. The maximum atomic E-state index is 13.7. The maximum Gasteiger partial charge on any atom is 0.265 e. The zero-order valence-electron chi connectivity index (χ0n) is 19.8. The van der Waals surface area contributed by atoms with Gasteiger partial charge in [0.15, 0.2) is 0 Å². The first-order chi connectivity index (χ1) is 16.8. The van der Waals surface area contributed by atoms with Crippen LogP contribution in [0.2, 0.25) is 0 Å². The third-order valence-corrected chi connectivity index (χ3v) is 6.68. The fraction of sp³-hybridized carbons (Fsp3) is 0.500. The van der Waals surface area contributed by atoms with E-state index in [1.807, 2.05) is 0 Å². The minimum Gasteiger partial charge on any atom is -0.496 e. The van der Waals surface area contributed by atoms with Gasteiger partial charge >= 0.3 is 0 Å². The number of carbonyl (C=O) groups excluding carboxylic acids is 4. The van der Waals surface area contributed by atoms with E-state index in [-0.39, 0.29) is 30.5 Å². The van der Waals surface area contributed by atoms with Crippen molar-refractivity contribution in [2.24, 2.45) is 17.4 Å². The number of hydrazine groups is 1. The Bertz CT molecular complexity index is 1100. The van der Waals surface area contributed by atoms with Crippen molar-refractivity contribution in [2.75, 3.05) is 19.5 Å². The molecule has 5 N–H and O–H groups in total. The highest BCUT2D eigenvalue weighted by atomic mass is 35.5. The molecule has 1 heterocycles. The Morgan fingerprint density at radius 3 is 2.51 bits per heavy atom. The largest absolute Gasteiger partial charge is 0.496 e. The topological polar surface area (TPSA) is 150 Å². The zero-order chi connectivity index (χ0) is 25.5. The first kappa shape index (κ1) is 26.3. The fourth-order valence-corrected chi connectivity index (χ4v) is 4.88. The predicted molar refractivity (Wildman–Crippen MR) is 132 cm³/mol. The Kier molecular flexibility index (Phi) is 8.97. The summed E-state index contributed by atoms with van der Waals surface area (Å²) in [5, 5.41) is 1.65. The molecule has 4 amide bonds. The highest BCUT2D eigenvalue weighted by Crippen LogP contribution is 2.36. The average Bonchev–Trinajstić information content (AvgIpc) is 3.24. The number of halogens is 1. The highest BCUT2D eigenvalue weighted by molar-refractivity contribution is 6.27. The summed E-state index contributed by atoms with van der Waals surface area (Å²) in [5.41, 5.74) is 14.3. The fourth-order valence-electron chi connectivity index (χ4n) is 4.74. The van der Waals surface area contributed by atoms with Crippen LogP contribution in [-0.2, 0) is 14.4 Å². The molecule has 1 saturated carbocycles. The van der Waals surface area contributed by atoms with Crippen LogP contribution in [0.4, 0.5) is 0 Å². The number of hydrogen-bond acceptors (Lipinski definition) is 5. The van der Waals surface area contributed by atoms with Crippen molar-refractivity contribution >= 4 is 46.1 Å². The van der Waals surface area contributed by atoms with Crippen LogP contribution in [-0.4, -0.2) is 52.7 Å². The van der Waals surface area contributed by atoms with Gasteiger partial charge in [0.25, 0.3) is 17.7 Å². The lowest BCUT2D eigenvalue weighted by Gasteiger charge is -2.30. The normalized spacial score (nSPS) is 14.9. The Morgan fingerprint density at radius 1 is 1.20 bits per heavy atom. The molecule has 35 heavy (non-hydrogen) atoms. The first-order valence-corrected chi connectivity index (χ1v) is 12.2. The van der Waals surface area contributed by atoms with Crippen LogP contribution in [0.1, 0.15) is 61.5 Å². The molecule has 0 radical (unpaired) electrons. The number of primary amides is 2. The predicted octanol–water partition coefficient (Wildman–Crippen LogP) is 2.23. The van der Waals surface area contributed by atoms with Crippen molar-refractivity contribution in [3.8, 4) is 5.75 Å². The third-order valence-electron chi connectivity index (χ3n) is 6.45. The minimum absolute atomic E-state index is 0.119. The smallest absolute Gasteiger partial charge is 0.265 e. The van der Waals surface area contributed by atoms with Crippen LogP contribution in [0, 0.1) is 5.92 Å². The number of alkyl halides is 1. The Labute approximate surface area is 208 Å². The van der Waals surface area contributed by atoms with E-state index in [4.69, 9.17) is 27.8 Å². The number of methoxy groups -OCH3 is 1. The number of fused-ring (bicyclic) bond motifs is 1. The Balaban J connectivity index is 2.06. The number of nitrogens with one attached hydrogen (secondary N) is 1. The Morgan fingerprint density at radius 2 is 1.91 bits per heavy atom. The number of rotatable bonds is 10. The molecule has 10 nitrogen and oxygen atoms in total. The van der Waals surface area contributed by atoms with E-state index < -0.39 is 29.7 Å². The molecule has 2 aromatic rings. The number of benzene rings is 1. The number of carbonyl (C=O) groups is 4. The molecule has 1 aromatic heterocycles. The average molecular weight is 506 g/mol. The number of nitrogens with two attached hydrogens (primary N) is 2. The highest BCUT2D eigenvalue weighted by Gasteiger charge is 2.32. The number of hydrogen-bond donors (Lipinski definition) is 3. The number of aromatic nitrogens is 1. The van der Waals surface area contributed by atoms with E-state index in [0.29, 0.717) is 23.1 Å². The molecule has 0 bridgehead atoms. The second-order valence-corrected chi connectivity index (χ2v) is 9.05. The van der Waals surface area contributed by atoms with E-state index in [0.717, 1.165) is 37.1 Å². The summed E-state index contributed by atoms with van der Waals surface area (Å²) in [6.45, 7) is -0.119. The van der Waals surface area contributed by atoms with Crippen LogP contribution in [0.25, 0.3) is 10.9 Å². The molecule has 1 aliphatic rings. The molecular formula is C24H32ClN5O5. The van der Waals surface area contributed by atoms with Crippen LogP contribution in [0.5, 0.6) is 5.75 Å². The van der Waals surface area contributed by atoms with Gasteiger partial charge in [0.2, 0.25) is 5.91 Å². The van der Waals surface area contributed by atoms with Gasteiger partial charge < -0.3 is 20.8 Å². The summed E-state index contributed by atoms with van der Waals surface area (Å²) < 4.78 is 7.08. The molecule has 1 aromatic carbocycles. The van der Waals surface area contributed by atoms with Gasteiger partial charge in [-0.15, -0.1) is 11.6 Å². The van der Waals surface area contributed by atoms with E-state index in [1.54, 1.807) is 28.8 Å². The molecule has 3 rings (SSSR count). The standard InChI is InChI=1S/C24H32ClN5O5/c1-35-20-9-5-8-17-16(20)13-18(23(27)33)30(17)19(12-15-6-3-2-4-7-15)24(34)28-29(22(32)14-25)11-10-21(26)31/h5,8-9,13,15,19H,2-4,6-7,10-12,14H2,1H3,(H2,26,31)(H2,27,33)(H,28,34)/t19-/m0/s1. The monoisotopic (exact) mass is 505 g/mol. The first-order valence-electron chi connectivity index (χ1n) is 11.7. The lowest BCUT2D eigenvalue weighted by atomic mass is 9.84. The summed E-state index contributed by atoms with van der Waals surface area (Å²) in [5.74, 6) is -1.99. The van der Waals surface area contributed by atoms with Crippen LogP contribution < -0.4 is 21.6 Å². The summed E-state index contributed by atoms with van der Waals surface area (Å²) in [6, 6.07) is 6.10. The number of ether oxygens (including phenoxy) is 1. The second kappa shape index (κ2) is 11.9. The minimum atomic E-state index is -0.843. The van der Waals surface area contributed by atoms with Crippen molar-refractivity contribution < 1.29 is 23.9 Å². The van der Waals surface area contributed by atoms with Crippen LogP contribution >= 0.6 is 11.6 Å². The molecule has 0 saturated heterocycles. The van der Waals surface area contributed by atoms with Crippen molar-refractivity contribution in [2.45, 2.75) is 51.0 Å². The van der Waals surface area contributed by atoms with E-state index in [2.05, 4.69) is 5.43 Å². The van der Waals surface area contributed by atoms with Gasteiger partial charge in [0.05, 0.1) is 19.2 Å². The summed E-state index contributed by atoms with van der Waals surface area (Å²) in [7, 11) is 1.52. The van der Waals surface area contributed by atoms with Gasteiger partial charge in [0, 0.05) is 11.8 Å². The van der Waals surface area contributed by atoms with Crippen molar-refractivity contribution in [3.05, 3.63) is 30.0 Å². The van der Waals surface area contributed by atoms with E-state index in [1.165, 1.54) is 7.11 Å². The van der Waals surface area contributed by atoms with Crippen molar-refractivity contribution in [3.63, 3.8) is 0 Å². The molecular weight excluding hydrogens is 474 g/mol. The Hall–Kier alpha value is -3.27. The van der Waals surface area contributed by atoms with Crippen LogP contribution in [0.3, 0.4) is 0 Å². The molecule has 190 valence electrons. The van der Waals surface area contributed by atoms with Gasteiger partial charge in [-0.2, -0.15) is 0 Å². The molecule has 1 atom stereocenters.